The summed E-state index contributed by atoms with van der Waals surface area (Å²) in [4.78, 5) is 27.0. The number of ether oxygens (including phenoxy) is 1. The lowest BCUT2D eigenvalue weighted by Gasteiger charge is -2.29. The average Bonchev–Trinajstić information content (AvgIpc) is 2.68. The molecule has 0 saturated heterocycles. The smallest absolute Gasteiger partial charge is 0.261 e. The Labute approximate surface area is 175 Å². The Bertz CT molecular complexity index is 780. The van der Waals surface area contributed by atoms with E-state index in [0.29, 0.717) is 24.8 Å². The molecule has 6 heteroatoms. The Kier molecular flexibility index (Phi) is 8.51. The van der Waals surface area contributed by atoms with E-state index in [2.05, 4.69) is 21.2 Å². The van der Waals surface area contributed by atoms with Crippen LogP contribution in [0.5, 0.6) is 5.75 Å². The van der Waals surface area contributed by atoms with Crippen molar-refractivity contribution >= 4 is 27.7 Å². The summed E-state index contributed by atoms with van der Waals surface area (Å²) in [7, 11) is 0. The van der Waals surface area contributed by atoms with Crippen molar-refractivity contribution in [1.82, 2.24) is 10.2 Å². The number of hydrogen-bond acceptors (Lipinski definition) is 3. The van der Waals surface area contributed by atoms with E-state index in [9.17, 15) is 9.59 Å². The highest BCUT2D eigenvalue weighted by Gasteiger charge is 2.26. The van der Waals surface area contributed by atoms with Crippen LogP contribution < -0.4 is 10.1 Å². The fraction of sp³-hybridized carbons (Fsp3) is 0.364. The van der Waals surface area contributed by atoms with Gasteiger partial charge in [0.15, 0.2) is 6.61 Å². The number of carbonyl (C=O) groups is 2. The van der Waals surface area contributed by atoms with Gasteiger partial charge in [-0.15, -0.1) is 0 Å². The molecule has 0 spiro atoms. The molecule has 2 rings (SSSR count). The number of halogens is 1. The summed E-state index contributed by atoms with van der Waals surface area (Å²) < 4.78 is 6.53. The fourth-order valence-corrected chi connectivity index (χ4v) is 3.06. The normalized spacial score (nSPS) is 11.8. The minimum absolute atomic E-state index is 0.125. The minimum atomic E-state index is -0.607. The van der Waals surface area contributed by atoms with Gasteiger partial charge in [-0.25, -0.2) is 0 Å². The first-order valence-corrected chi connectivity index (χ1v) is 10.2. The van der Waals surface area contributed by atoms with Crippen LogP contribution in [0, 0.1) is 5.92 Å². The third-order valence-corrected chi connectivity index (χ3v) is 4.69. The summed E-state index contributed by atoms with van der Waals surface area (Å²) >= 11 is 3.45. The van der Waals surface area contributed by atoms with E-state index in [4.69, 9.17) is 4.74 Å². The molecular weight excluding hydrogens is 420 g/mol. The van der Waals surface area contributed by atoms with Gasteiger partial charge >= 0.3 is 0 Å². The van der Waals surface area contributed by atoms with Crippen molar-refractivity contribution in [2.75, 3.05) is 13.2 Å². The number of nitrogens with one attached hydrogen (secondary N) is 1. The summed E-state index contributed by atoms with van der Waals surface area (Å²) in [6.45, 7) is 6.58. The Morgan fingerprint density at radius 1 is 1.07 bits per heavy atom. The van der Waals surface area contributed by atoms with Gasteiger partial charge in [0.05, 0.1) is 0 Å². The predicted octanol–water partition coefficient (Wildman–Crippen LogP) is 4.02. The lowest BCUT2D eigenvalue weighted by molar-refractivity contribution is -0.142. The lowest BCUT2D eigenvalue weighted by atomic mass is 10.1. The van der Waals surface area contributed by atoms with Crippen molar-refractivity contribution in [3.05, 3.63) is 64.6 Å². The number of nitrogens with zero attached hydrogens (tertiary/aromatic N) is 1. The predicted molar refractivity (Wildman–Crippen MR) is 114 cm³/mol. The molecule has 2 aromatic rings. The van der Waals surface area contributed by atoms with Gasteiger partial charge in [-0.3, -0.25) is 9.59 Å². The second-order valence-corrected chi connectivity index (χ2v) is 7.98. The molecule has 0 aromatic heterocycles. The van der Waals surface area contributed by atoms with E-state index < -0.39 is 6.04 Å². The van der Waals surface area contributed by atoms with Crippen LogP contribution in [-0.2, 0) is 16.1 Å². The molecule has 0 radical (unpaired) electrons. The summed E-state index contributed by atoms with van der Waals surface area (Å²) in [5.74, 6) is 0.551. The number of rotatable bonds is 9. The first kappa shape index (κ1) is 22.0. The number of hydrogen-bond donors (Lipinski definition) is 1. The Morgan fingerprint density at radius 3 is 2.43 bits per heavy atom. The number of benzene rings is 2. The number of carbonyl (C=O) groups excluding carboxylic acids is 2. The maximum atomic E-state index is 12.9. The molecule has 0 saturated carbocycles. The van der Waals surface area contributed by atoms with Crippen LogP contribution in [0.4, 0.5) is 0 Å². The van der Waals surface area contributed by atoms with Gasteiger partial charge in [-0.1, -0.05) is 60.1 Å². The maximum Gasteiger partial charge on any atom is 0.261 e. The number of para-hydroxylation sites is 1. The van der Waals surface area contributed by atoms with Gasteiger partial charge in [0.1, 0.15) is 11.8 Å². The highest BCUT2D eigenvalue weighted by molar-refractivity contribution is 9.10. The molecule has 0 aliphatic rings. The molecule has 0 heterocycles. The second kappa shape index (κ2) is 10.9. The zero-order valence-electron chi connectivity index (χ0n) is 16.5. The standard InChI is InChI=1S/C22H27BrN2O3/c1-16(2)13-24-22(27)17(3)25(14-18-8-7-9-19(23)12-18)21(26)15-28-20-10-5-4-6-11-20/h4-12,16-17H,13-15H2,1-3H3,(H,24,27)/t17-/m0/s1. The Hall–Kier alpha value is -2.34. The minimum Gasteiger partial charge on any atom is -0.484 e. The molecular formula is C22H27BrN2O3. The Balaban J connectivity index is 2.11. The lowest BCUT2D eigenvalue weighted by Crippen LogP contribution is -2.49. The highest BCUT2D eigenvalue weighted by Crippen LogP contribution is 2.16. The van der Waals surface area contributed by atoms with E-state index in [1.54, 1.807) is 24.0 Å². The van der Waals surface area contributed by atoms with E-state index in [0.717, 1.165) is 10.0 Å². The molecule has 0 unspecified atom stereocenters. The molecule has 2 aromatic carbocycles. The van der Waals surface area contributed by atoms with Gasteiger partial charge in [0.25, 0.3) is 5.91 Å². The van der Waals surface area contributed by atoms with Crippen LogP contribution >= 0.6 is 15.9 Å². The van der Waals surface area contributed by atoms with E-state index >= 15 is 0 Å². The van der Waals surface area contributed by atoms with E-state index in [-0.39, 0.29) is 18.4 Å². The van der Waals surface area contributed by atoms with Crippen molar-refractivity contribution in [2.45, 2.75) is 33.4 Å². The third-order valence-electron chi connectivity index (χ3n) is 4.20. The summed E-state index contributed by atoms with van der Waals surface area (Å²) in [5, 5.41) is 2.91. The summed E-state index contributed by atoms with van der Waals surface area (Å²) in [6.07, 6.45) is 0. The molecule has 5 nitrogen and oxygen atoms in total. The topological polar surface area (TPSA) is 58.6 Å². The monoisotopic (exact) mass is 446 g/mol. The summed E-state index contributed by atoms with van der Waals surface area (Å²) in [6, 6.07) is 16.3. The molecule has 1 atom stereocenters. The third kappa shape index (κ3) is 7.00. The molecule has 0 fully saturated rings. The molecule has 28 heavy (non-hydrogen) atoms. The SMILES string of the molecule is CC(C)CNC(=O)[C@H](C)N(Cc1cccc(Br)c1)C(=O)COc1ccccc1. The zero-order valence-corrected chi connectivity index (χ0v) is 18.1. The van der Waals surface area contributed by atoms with Crippen LogP contribution in [0.3, 0.4) is 0 Å². The van der Waals surface area contributed by atoms with Gasteiger partial charge in [-0.2, -0.15) is 0 Å². The van der Waals surface area contributed by atoms with E-state index in [1.807, 2.05) is 56.3 Å². The molecule has 0 aliphatic heterocycles. The zero-order chi connectivity index (χ0) is 20.5. The molecule has 150 valence electrons. The van der Waals surface area contributed by atoms with Crippen molar-refractivity contribution < 1.29 is 14.3 Å². The fourth-order valence-electron chi connectivity index (χ4n) is 2.61. The van der Waals surface area contributed by atoms with Crippen LogP contribution in [0.1, 0.15) is 26.3 Å². The molecule has 0 bridgehead atoms. The van der Waals surface area contributed by atoms with Crippen molar-refractivity contribution in [1.29, 1.82) is 0 Å². The first-order chi connectivity index (χ1) is 13.4. The average molecular weight is 447 g/mol. The van der Waals surface area contributed by atoms with Crippen LogP contribution in [-0.4, -0.2) is 35.9 Å². The Morgan fingerprint density at radius 2 is 1.79 bits per heavy atom. The highest BCUT2D eigenvalue weighted by atomic mass is 79.9. The second-order valence-electron chi connectivity index (χ2n) is 7.07. The van der Waals surface area contributed by atoms with Gasteiger partial charge < -0.3 is 15.0 Å². The van der Waals surface area contributed by atoms with Crippen LogP contribution in [0.2, 0.25) is 0 Å². The summed E-state index contributed by atoms with van der Waals surface area (Å²) in [5.41, 5.74) is 0.936. The first-order valence-electron chi connectivity index (χ1n) is 9.36. The van der Waals surface area contributed by atoms with Gasteiger partial charge in [0, 0.05) is 17.6 Å². The molecule has 2 amide bonds. The quantitative estimate of drug-likeness (QED) is 0.632. The van der Waals surface area contributed by atoms with Crippen molar-refractivity contribution in [3.8, 4) is 5.75 Å². The van der Waals surface area contributed by atoms with Crippen molar-refractivity contribution in [2.24, 2.45) is 5.92 Å². The molecule has 0 aliphatic carbocycles. The van der Waals surface area contributed by atoms with E-state index in [1.165, 1.54) is 0 Å². The van der Waals surface area contributed by atoms with Gasteiger partial charge in [0.2, 0.25) is 5.91 Å². The largest absolute Gasteiger partial charge is 0.484 e. The van der Waals surface area contributed by atoms with Gasteiger partial charge in [-0.05, 0) is 42.7 Å². The number of amides is 2. The van der Waals surface area contributed by atoms with Crippen LogP contribution in [0.25, 0.3) is 0 Å². The molecule has 1 N–H and O–H groups in total. The maximum absolute atomic E-state index is 12.9. The van der Waals surface area contributed by atoms with Crippen molar-refractivity contribution in [3.63, 3.8) is 0 Å². The van der Waals surface area contributed by atoms with Crippen LogP contribution in [0.15, 0.2) is 59.1 Å².